The largest absolute Gasteiger partial charge is 0.544 e. The molecule has 0 spiro atoms. The molecule has 2 aromatic rings. The van der Waals surface area contributed by atoms with Crippen LogP contribution in [0, 0.1) is 6.92 Å². The van der Waals surface area contributed by atoms with Gasteiger partial charge in [0.25, 0.3) is 0 Å². The van der Waals surface area contributed by atoms with Gasteiger partial charge in [-0.3, -0.25) is 0 Å². The Kier molecular flexibility index (Phi) is 4.75. The zero-order valence-corrected chi connectivity index (χ0v) is 11.9. The molecule has 2 nitrogen and oxygen atoms in total. The topological polar surface area (TPSA) is 12.5 Å². The minimum atomic E-state index is -4.77. The molecule has 0 heterocycles. The Balaban J connectivity index is 2.29. The number of benzene rings is 2. The van der Waals surface area contributed by atoms with E-state index in [1.54, 1.807) is 43.3 Å². The van der Waals surface area contributed by atoms with Gasteiger partial charge in [0.1, 0.15) is 0 Å². The van der Waals surface area contributed by atoms with E-state index in [0.29, 0.717) is 10.6 Å². The number of aryl methyl sites for hydroxylation is 1. The highest BCUT2D eigenvalue weighted by Crippen LogP contribution is 2.28. The van der Waals surface area contributed by atoms with Crippen molar-refractivity contribution >= 4 is 17.3 Å². The monoisotopic (exact) mass is 315 g/mol. The van der Waals surface area contributed by atoms with Crippen LogP contribution in [0.3, 0.4) is 0 Å². The van der Waals surface area contributed by atoms with Gasteiger partial charge in [0.05, 0.1) is 12.2 Å². The molecule has 2 aromatic carbocycles. The van der Waals surface area contributed by atoms with Crippen LogP contribution in [-0.4, -0.2) is 6.36 Å². The second-order valence-corrected chi connectivity index (χ2v) is 4.90. The highest BCUT2D eigenvalue weighted by atomic mass is 35.5. The number of halogens is 4. The summed E-state index contributed by atoms with van der Waals surface area (Å²) in [6.07, 6.45) is -4.77. The summed E-state index contributed by atoms with van der Waals surface area (Å²) in [5.41, 5.74) is 1.72. The van der Waals surface area contributed by atoms with E-state index < -0.39 is 6.36 Å². The van der Waals surface area contributed by atoms with Gasteiger partial charge in [0, 0.05) is 5.02 Å². The van der Waals surface area contributed by atoms with Crippen LogP contribution in [0.25, 0.3) is 0 Å². The lowest BCUT2D eigenvalue weighted by molar-refractivity contribution is -0.331. The third kappa shape index (κ3) is 4.65. The van der Waals surface area contributed by atoms with E-state index in [1.165, 1.54) is 12.1 Å². The van der Waals surface area contributed by atoms with Gasteiger partial charge in [-0.2, -0.15) is 4.84 Å². The van der Waals surface area contributed by atoms with Gasteiger partial charge in [-0.05, 0) is 30.2 Å². The number of hydroxylamine groups is 1. The number of nitrogens with zero attached hydrogens (tertiary/aromatic N) is 1. The Morgan fingerprint density at radius 2 is 1.76 bits per heavy atom. The van der Waals surface area contributed by atoms with Crippen LogP contribution in [0.5, 0.6) is 0 Å². The minimum Gasteiger partial charge on any atom is -0.241 e. The molecule has 0 atom stereocenters. The Labute approximate surface area is 125 Å². The van der Waals surface area contributed by atoms with E-state index in [4.69, 9.17) is 11.6 Å². The lowest BCUT2D eigenvalue weighted by Gasteiger charge is -2.25. The van der Waals surface area contributed by atoms with Crippen molar-refractivity contribution in [3.8, 4) is 0 Å². The second kappa shape index (κ2) is 6.37. The van der Waals surface area contributed by atoms with E-state index in [2.05, 4.69) is 4.84 Å². The summed E-state index contributed by atoms with van der Waals surface area (Å²) in [6.45, 7) is 1.73. The van der Waals surface area contributed by atoms with Gasteiger partial charge >= 0.3 is 6.36 Å². The summed E-state index contributed by atoms with van der Waals surface area (Å²) in [5, 5.41) is 1.16. The van der Waals surface area contributed by atoms with Crippen molar-refractivity contribution in [1.82, 2.24) is 0 Å². The number of anilines is 1. The molecule has 0 fully saturated rings. The molecule has 0 aliphatic rings. The van der Waals surface area contributed by atoms with Gasteiger partial charge in [-0.1, -0.05) is 48.0 Å². The van der Waals surface area contributed by atoms with Crippen LogP contribution in [0.2, 0.25) is 5.02 Å². The molecule has 0 amide bonds. The first kappa shape index (κ1) is 15.7. The number of hydrogen-bond donors (Lipinski definition) is 0. The maximum absolute atomic E-state index is 12.6. The highest BCUT2D eigenvalue weighted by Gasteiger charge is 2.34. The minimum absolute atomic E-state index is 0.0419. The second-order valence-electron chi connectivity index (χ2n) is 4.49. The predicted octanol–water partition coefficient (Wildman–Crippen LogP) is 5.11. The molecule has 2 rings (SSSR count). The molecule has 0 saturated carbocycles. The van der Waals surface area contributed by atoms with Crippen LogP contribution in [0.15, 0.2) is 48.5 Å². The van der Waals surface area contributed by atoms with Crippen molar-refractivity contribution in [2.45, 2.75) is 19.8 Å². The van der Waals surface area contributed by atoms with Gasteiger partial charge in [0.15, 0.2) is 0 Å². The molecule has 0 aromatic heterocycles. The van der Waals surface area contributed by atoms with Crippen molar-refractivity contribution in [1.29, 1.82) is 0 Å². The Hall–Kier alpha value is -1.72. The van der Waals surface area contributed by atoms with E-state index in [9.17, 15) is 13.2 Å². The predicted molar refractivity (Wildman–Crippen MR) is 76.0 cm³/mol. The fourth-order valence-electron chi connectivity index (χ4n) is 1.79. The van der Waals surface area contributed by atoms with Crippen LogP contribution in [0.4, 0.5) is 18.9 Å². The van der Waals surface area contributed by atoms with Gasteiger partial charge < -0.3 is 0 Å². The molecule has 0 aliphatic carbocycles. The Morgan fingerprint density at radius 1 is 1.10 bits per heavy atom. The molecule has 21 heavy (non-hydrogen) atoms. The number of alkyl halides is 3. The summed E-state index contributed by atoms with van der Waals surface area (Å²) in [4.78, 5) is 4.10. The zero-order valence-electron chi connectivity index (χ0n) is 11.2. The van der Waals surface area contributed by atoms with Crippen LogP contribution >= 0.6 is 11.6 Å². The van der Waals surface area contributed by atoms with Crippen molar-refractivity contribution in [2.75, 3.05) is 5.06 Å². The van der Waals surface area contributed by atoms with Crippen LogP contribution < -0.4 is 5.06 Å². The average Bonchev–Trinajstić information content (AvgIpc) is 2.41. The summed E-state index contributed by atoms with van der Waals surface area (Å²) in [7, 11) is 0. The SMILES string of the molecule is Cc1ccc(N(Cc2ccccc2)OC(F)(F)F)cc1Cl. The molecule has 0 aliphatic heterocycles. The van der Waals surface area contributed by atoms with Gasteiger partial charge in [-0.15, -0.1) is 13.2 Å². The van der Waals surface area contributed by atoms with Crippen molar-refractivity contribution in [3.05, 3.63) is 64.7 Å². The van der Waals surface area contributed by atoms with Crippen molar-refractivity contribution in [3.63, 3.8) is 0 Å². The highest BCUT2D eigenvalue weighted by molar-refractivity contribution is 6.31. The molecular weight excluding hydrogens is 303 g/mol. The summed E-state index contributed by atoms with van der Waals surface area (Å²) in [5.74, 6) is 0. The third-order valence-corrected chi connectivity index (χ3v) is 3.23. The third-order valence-electron chi connectivity index (χ3n) is 2.83. The first-order valence-corrected chi connectivity index (χ1v) is 6.56. The normalized spacial score (nSPS) is 11.5. The average molecular weight is 316 g/mol. The van der Waals surface area contributed by atoms with E-state index in [-0.39, 0.29) is 12.2 Å². The maximum atomic E-state index is 12.6. The van der Waals surface area contributed by atoms with E-state index in [0.717, 1.165) is 10.6 Å². The quantitative estimate of drug-likeness (QED) is 0.727. The molecule has 0 unspecified atom stereocenters. The summed E-state index contributed by atoms with van der Waals surface area (Å²) < 4.78 is 37.7. The molecule has 0 saturated heterocycles. The fraction of sp³-hybridized carbons (Fsp3) is 0.200. The Morgan fingerprint density at radius 3 is 2.33 bits per heavy atom. The molecular formula is C15H13ClF3NO. The first-order chi connectivity index (χ1) is 9.85. The zero-order chi connectivity index (χ0) is 15.5. The van der Waals surface area contributed by atoms with Gasteiger partial charge in [0.2, 0.25) is 0 Å². The molecule has 0 radical (unpaired) electrons. The molecule has 6 heteroatoms. The van der Waals surface area contributed by atoms with Crippen molar-refractivity contribution in [2.24, 2.45) is 0 Å². The summed E-state index contributed by atoms with van der Waals surface area (Å²) >= 11 is 5.97. The molecule has 0 N–H and O–H groups in total. The molecule has 112 valence electrons. The lowest BCUT2D eigenvalue weighted by atomic mass is 10.2. The van der Waals surface area contributed by atoms with Crippen LogP contribution in [0.1, 0.15) is 11.1 Å². The summed E-state index contributed by atoms with van der Waals surface area (Å²) in [6, 6.07) is 13.4. The fourth-order valence-corrected chi connectivity index (χ4v) is 1.96. The van der Waals surface area contributed by atoms with E-state index >= 15 is 0 Å². The number of rotatable bonds is 4. The maximum Gasteiger partial charge on any atom is 0.544 e. The molecule has 0 bridgehead atoms. The number of hydrogen-bond acceptors (Lipinski definition) is 2. The smallest absolute Gasteiger partial charge is 0.241 e. The van der Waals surface area contributed by atoms with Gasteiger partial charge in [-0.25, -0.2) is 5.06 Å². The van der Waals surface area contributed by atoms with Crippen molar-refractivity contribution < 1.29 is 18.0 Å². The van der Waals surface area contributed by atoms with Crippen LogP contribution in [-0.2, 0) is 11.4 Å². The first-order valence-electron chi connectivity index (χ1n) is 6.18. The van der Waals surface area contributed by atoms with E-state index in [1.807, 2.05) is 0 Å². The Bertz CT molecular complexity index is 602. The standard InChI is InChI=1S/C15H13ClF3NO/c1-11-7-8-13(9-14(11)16)20(21-15(17,18)19)10-12-5-3-2-4-6-12/h2-9H,10H2,1H3. The lowest BCUT2D eigenvalue weighted by Crippen LogP contribution is -2.31.